The molecule has 3 rings (SSSR count). The third kappa shape index (κ3) is 4.31. The van der Waals surface area contributed by atoms with Crippen LogP contribution in [0, 0.1) is 6.92 Å². The summed E-state index contributed by atoms with van der Waals surface area (Å²) in [6.45, 7) is 1.90. The highest BCUT2D eigenvalue weighted by Crippen LogP contribution is 2.09. The van der Waals surface area contributed by atoms with Crippen LogP contribution >= 0.6 is 0 Å². The summed E-state index contributed by atoms with van der Waals surface area (Å²) in [5.41, 5.74) is 1.68. The lowest BCUT2D eigenvalue weighted by Gasteiger charge is -2.03. The summed E-state index contributed by atoms with van der Waals surface area (Å²) < 4.78 is 1.47. The van der Waals surface area contributed by atoms with E-state index in [1.165, 1.54) is 10.6 Å². The highest BCUT2D eigenvalue weighted by molar-refractivity contribution is 5.89. The molecule has 128 valence electrons. The van der Waals surface area contributed by atoms with E-state index < -0.39 is 11.9 Å². The lowest BCUT2D eigenvalue weighted by Crippen LogP contribution is -2.17. The van der Waals surface area contributed by atoms with Gasteiger partial charge in [-0.15, -0.1) is 10.2 Å². The van der Waals surface area contributed by atoms with Crippen molar-refractivity contribution in [1.82, 2.24) is 30.0 Å². The Balaban J connectivity index is 0.000000242. The number of aromatic nitrogens is 6. The second kappa shape index (κ2) is 7.59. The van der Waals surface area contributed by atoms with E-state index in [0.717, 1.165) is 5.56 Å². The Morgan fingerprint density at radius 3 is 2.48 bits per heavy atom. The molecule has 0 aliphatic rings. The summed E-state index contributed by atoms with van der Waals surface area (Å²) in [7, 11) is 0. The van der Waals surface area contributed by atoms with Gasteiger partial charge in [-0.1, -0.05) is 6.07 Å². The molecule has 0 fully saturated rings. The smallest absolute Gasteiger partial charge is 0.328 e. The number of carboxylic acid groups (broad SMARTS) is 2. The summed E-state index contributed by atoms with van der Waals surface area (Å²) in [6.07, 6.45) is 4.25. The highest BCUT2D eigenvalue weighted by Gasteiger charge is 2.11. The number of H-pyrrole nitrogens is 1. The maximum absolute atomic E-state index is 12.2. The molecule has 3 N–H and O–H groups in total. The van der Waals surface area contributed by atoms with E-state index in [1.807, 2.05) is 13.0 Å². The molecule has 0 unspecified atom stereocenters. The van der Waals surface area contributed by atoms with Crippen molar-refractivity contribution in [2.24, 2.45) is 0 Å². The molecule has 0 spiro atoms. The van der Waals surface area contributed by atoms with Crippen molar-refractivity contribution in [3.8, 4) is 11.4 Å². The fourth-order valence-corrected chi connectivity index (χ4v) is 1.82. The molecular weight excluding hydrogens is 332 g/mol. The Kier molecular flexibility index (Phi) is 5.30. The lowest BCUT2D eigenvalue weighted by atomic mass is 10.2. The zero-order chi connectivity index (χ0) is 18.4. The fourth-order valence-electron chi connectivity index (χ4n) is 1.82. The van der Waals surface area contributed by atoms with E-state index in [4.69, 9.17) is 10.2 Å². The average molecular weight is 344 g/mol. The van der Waals surface area contributed by atoms with Crippen molar-refractivity contribution >= 4 is 17.6 Å². The van der Waals surface area contributed by atoms with Gasteiger partial charge in [0.15, 0.2) is 0 Å². The Hall–Kier alpha value is -3.89. The van der Waals surface area contributed by atoms with E-state index in [9.17, 15) is 14.4 Å². The van der Waals surface area contributed by atoms with Gasteiger partial charge in [0.05, 0.1) is 0 Å². The summed E-state index contributed by atoms with van der Waals surface area (Å²) in [6, 6.07) is 3.70. The predicted molar refractivity (Wildman–Crippen MR) is 83.8 cm³/mol. The van der Waals surface area contributed by atoms with Crippen LogP contribution in [0.1, 0.15) is 5.56 Å². The molecule has 0 saturated carbocycles. The Morgan fingerprint density at radius 2 is 1.92 bits per heavy atom. The molecule has 3 aromatic rings. The van der Waals surface area contributed by atoms with Crippen LogP contribution < -0.4 is 5.56 Å². The normalized spacial score (nSPS) is 10.4. The Bertz CT molecular complexity index is 977. The molecule has 3 heterocycles. The maximum Gasteiger partial charge on any atom is 0.328 e. The molecule has 11 heteroatoms. The number of hydrogen-bond donors (Lipinski definition) is 3. The molecule has 11 nitrogen and oxygen atoms in total. The molecule has 3 aromatic heterocycles. The second-order valence-corrected chi connectivity index (χ2v) is 4.61. The van der Waals surface area contributed by atoms with Gasteiger partial charge in [-0.25, -0.2) is 14.6 Å². The number of hydrogen-bond acceptors (Lipinski definition) is 7. The maximum atomic E-state index is 12.2. The van der Waals surface area contributed by atoms with Gasteiger partial charge < -0.3 is 10.2 Å². The SMILES string of the molecule is Cc1cccn2c(=O)c(-c3nn[nH]n3)cnc12.O=C(O)/C=C/C(=O)O. The van der Waals surface area contributed by atoms with Crippen LogP contribution in [-0.4, -0.2) is 52.2 Å². The first-order valence-electron chi connectivity index (χ1n) is 6.75. The zero-order valence-electron chi connectivity index (χ0n) is 12.8. The molecule has 0 saturated heterocycles. The fraction of sp³-hybridized carbons (Fsp3) is 0.0714. The molecule has 25 heavy (non-hydrogen) atoms. The van der Waals surface area contributed by atoms with E-state index in [-0.39, 0.29) is 11.4 Å². The number of rotatable bonds is 3. The van der Waals surface area contributed by atoms with Crippen molar-refractivity contribution in [2.45, 2.75) is 6.92 Å². The summed E-state index contributed by atoms with van der Waals surface area (Å²) in [5.74, 6) is -2.27. The number of aryl methyl sites for hydroxylation is 1. The van der Waals surface area contributed by atoms with E-state index in [0.29, 0.717) is 23.4 Å². The van der Waals surface area contributed by atoms with E-state index in [2.05, 4.69) is 25.6 Å². The number of tetrazole rings is 1. The lowest BCUT2D eigenvalue weighted by molar-refractivity contribution is -0.134. The van der Waals surface area contributed by atoms with Gasteiger partial charge in [-0.3, -0.25) is 9.20 Å². The minimum Gasteiger partial charge on any atom is -0.478 e. The number of carbonyl (C=O) groups is 2. The molecule has 0 amide bonds. The Labute approximate surface area is 139 Å². The van der Waals surface area contributed by atoms with Gasteiger partial charge >= 0.3 is 11.9 Å². The minimum absolute atomic E-state index is 0.208. The number of fused-ring (bicyclic) bond motifs is 1. The van der Waals surface area contributed by atoms with Crippen LogP contribution in [0.15, 0.2) is 41.5 Å². The Morgan fingerprint density at radius 1 is 1.24 bits per heavy atom. The molecule has 0 bridgehead atoms. The summed E-state index contributed by atoms with van der Waals surface area (Å²) >= 11 is 0. The molecular formula is C14H12N6O5. The molecule has 0 atom stereocenters. The van der Waals surface area contributed by atoms with E-state index >= 15 is 0 Å². The summed E-state index contributed by atoms with van der Waals surface area (Å²) in [5, 5.41) is 28.9. The van der Waals surface area contributed by atoms with Gasteiger partial charge in [0.1, 0.15) is 11.2 Å². The first kappa shape index (κ1) is 17.5. The minimum atomic E-state index is -1.26. The molecule has 0 aliphatic heterocycles. The van der Waals surface area contributed by atoms with Gasteiger partial charge in [-0.2, -0.15) is 5.21 Å². The largest absolute Gasteiger partial charge is 0.478 e. The van der Waals surface area contributed by atoms with Crippen LogP contribution in [0.25, 0.3) is 17.0 Å². The molecule has 0 aromatic carbocycles. The van der Waals surface area contributed by atoms with Crippen molar-refractivity contribution in [2.75, 3.05) is 0 Å². The highest BCUT2D eigenvalue weighted by atomic mass is 16.4. The first-order valence-corrected chi connectivity index (χ1v) is 6.75. The number of aliphatic carboxylic acids is 2. The summed E-state index contributed by atoms with van der Waals surface area (Å²) in [4.78, 5) is 35.5. The van der Waals surface area contributed by atoms with Crippen molar-refractivity contribution in [3.63, 3.8) is 0 Å². The quantitative estimate of drug-likeness (QED) is 0.550. The predicted octanol–water partition coefficient (Wildman–Crippen LogP) is -0.105. The van der Waals surface area contributed by atoms with Crippen LogP contribution in [0.5, 0.6) is 0 Å². The van der Waals surface area contributed by atoms with Crippen molar-refractivity contribution in [3.05, 3.63) is 52.6 Å². The van der Waals surface area contributed by atoms with Gasteiger partial charge in [-0.05, 0) is 23.8 Å². The number of aromatic amines is 1. The van der Waals surface area contributed by atoms with Crippen LogP contribution in [-0.2, 0) is 9.59 Å². The third-order valence-corrected chi connectivity index (χ3v) is 2.88. The van der Waals surface area contributed by atoms with Crippen LogP contribution in [0.4, 0.5) is 0 Å². The number of carboxylic acids is 2. The number of pyridine rings is 1. The number of nitrogens with one attached hydrogen (secondary N) is 1. The van der Waals surface area contributed by atoms with Gasteiger partial charge in [0, 0.05) is 24.5 Å². The van der Waals surface area contributed by atoms with Crippen molar-refractivity contribution in [1.29, 1.82) is 0 Å². The average Bonchev–Trinajstić information content (AvgIpc) is 3.09. The second-order valence-electron chi connectivity index (χ2n) is 4.61. The van der Waals surface area contributed by atoms with Crippen LogP contribution in [0.3, 0.4) is 0 Å². The van der Waals surface area contributed by atoms with Crippen LogP contribution in [0.2, 0.25) is 0 Å². The van der Waals surface area contributed by atoms with Crippen molar-refractivity contribution < 1.29 is 19.8 Å². The van der Waals surface area contributed by atoms with E-state index in [1.54, 1.807) is 12.3 Å². The number of nitrogens with zero attached hydrogens (tertiary/aromatic N) is 5. The standard InChI is InChI=1S/C10H8N6O.C4H4O4/c1-6-3-2-4-16-9(6)11-5-7(10(16)17)8-12-14-15-13-8;5-3(6)1-2-4(7)8/h2-5H,1H3,(H,12,13,14,15);1-2H,(H,5,6)(H,7,8)/b;2-1+. The van der Waals surface area contributed by atoms with Gasteiger partial charge in [0.25, 0.3) is 5.56 Å². The third-order valence-electron chi connectivity index (χ3n) is 2.88. The topological polar surface area (TPSA) is 163 Å². The zero-order valence-corrected chi connectivity index (χ0v) is 12.8. The molecule has 0 radical (unpaired) electrons. The van der Waals surface area contributed by atoms with Gasteiger partial charge in [0.2, 0.25) is 5.82 Å². The monoisotopic (exact) mass is 344 g/mol. The molecule has 0 aliphatic carbocycles. The first-order chi connectivity index (χ1) is 11.9.